The quantitative estimate of drug-likeness (QED) is 0.847. The summed E-state index contributed by atoms with van der Waals surface area (Å²) in [4.78, 5) is 14.9. The monoisotopic (exact) mass is 359 g/mol. The molecule has 3 rings (SSSR count). The highest BCUT2D eigenvalue weighted by Gasteiger charge is 2.23. The molecule has 0 aromatic heterocycles. The molecule has 1 atom stereocenters. The minimum absolute atomic E-state index is 0.0520. The molecule has 0 bridgehead atoms. The second-order valence-electron chi connectivity index (χ2n) is 7.62. The van der Waals surface area contributed by atoms with E-state index < -0.39 is 0 Å². The smallest absolute Gasteiger partial charge is 0.315 e. The van der Waals surface area contributed by atoms with Crippen LogP contribution < -0.4 is 10.6 Å². The topological polar surface area (TPSA) is 53.6 Å². The summed E-state index contributed by atoms with van der Waals surface area (Å²) in [5.74, 6) is 0. The summed E-state index contributed by atoms with van der Waals surface area (Å²) in [7, 11) is 0. The van der Waals surface area contributed by atoms with E-state index in [4.69, 9.17) is 4.74 Å². The molecule has 144 valence electrons. The summed E-state index contributed by atoms with van der Waals surface area (Å²) >= 11 is 0. The molecule has 1 aromatic carbocycles. The van der Waals surface area contributed by atoms with Gasteiger partial charge in [0.15, 0.2) is 0 Å². The summed E-state index contributed by atoms with van der Waals surface area (Å²) in [6, 6.07) is 9.19. The Labute approximate surface area is 157 Å². The summed E-state index contributed by atoms with van der Waals surface area (Å²) in [6.07, 6.45) is 6.93. The van der Waals surface area contributed by atoms with Crippen LogP contribution in [-0.4, -0.2) is 49.8 Å². The lowest BCUT2D eigenvalue weighted by molar-refractivity contribution is 0.0799. The highest BCUT2D eigenvalue weighted by molar-refractivity contribution is 5.74. The van der Waals surface area contributed by atoms with Gasteiger partial charge in [-0.25, -0.2) is 4.79 Å². The number of likely N-dealkylation sites (tertiary alicyclic amines) is 1. The Balaban J connectivity index is 1.60. The Morgan fingerprint density at radius 2 is 1.77 bits per heavy atom. The van der Waals surface area contributed by atoms with Crippen LogP contribution in [0.3, 0.4) is 0 Å². The molecule has 2 aliphatic heterocycles. The van der Waals surface area contributed by atoms with Gasteiger partial charge in [0.2, 0.25) is 0 Å². The Morgan fingerprint density at radius 1 is 1.12 bits per heavy atom. The Hall–Kier alpha value is -1.59. The number of ether oxygens (including phenoxy) is 1. The lowest BCUT2D eigenvalue weighted by Crippen LogP contribution is -2.47. The van der Waals surface area contributed by atoms with E-state index >= 15 is 0 Å². The van der Waals surface area contributed by atoms with E-state index in [1.807, 2.05) is 0 Å². The molecule has 0 radical (unpaired) electrons. The van der Waals surface area contributed by atoms with E-state index in [-0.39, 0.29) is 18.1 Å². The SMILES string of the molecule is Cc1ccc(C(CNC(=O)NC2CCOCC2)N2CCCCCC2)cc1. The number of nitrogens with zero attached hydrogens (tertiary/aromatic N) is 1. The van der Waals surface area contributed by atoms with Crippen molar-refractivity contribution in [2.45, 2.75) is 57.5 Å². The van der Waals surface area contributed by atoms with Crippen molar-refractivity contribution in [3.63, 3.8) is 0 Å². The lowest BCUT2D eigenvalue weighted by atomic mass is 10.0. The number of rotatable bonds is 5. The maximum atomic E-state index is 12.4. The number of benzene rings is 1. The van der Waals surface area contributed by atoms with E-state index in [0.717, 1.165) is 39.1 Å². The third kappa shape index (κ3) is 5.71. The van der Waals surface area contributed by atoms with Crippen LogP contribution in [-0.2, 0) is 4.74 Å². The van der Waals surface area contributed by atoms with Gasteiger partial charge in [0.05, 0.1) is 6.04 Å². The molecule has 2 saturated heterocycles. The number of aryl methyl sites for hydroxylation is 1. The zero-order chi connectivity index (χ0) is 18.2. The molecule has 1 aromatic rings. The number of carbonyl (C=O) groups is 1. The number of amides is 2. The highest BCUT2D eigenvalue weighted by atomic mass is 16.5. The minimum Gasteiger partial charge on any atom is -0.381 e. The molecule has 26 heavy (non-hydrogen) atoms. The largest absolute Gasteiger partial charge is 0.381 e. The number of urea groups is 1. The summed E-state index contributed by atoms with van der Waals surface area (Å²) in [5, 5.41) is 6.23. The average Bonchev–Trinajstić information content (AvgIpc) is 2.93. The molecule has 5 heteroatoms. The molecule has 0 saturated carbocycles. The lowest BCUT2D eigenvalue weighted by Gasteiger charge is -2.32. The zero-order valence-electron chi connectivity index (χ0n) is 16.0. The third-order valence-electron chi connectivity index (χ3n) is 5.56. The Kier molecular flexibility index (Phi) is 7.32. The van der Waals surface area contributed by atoms with Crippen molar-refractivity contribution in [3.8, 4) is 0 Å². The van der Waals surface area contributed by atoms with E-state index in [0.29, 0.717) is 6.54 Å². The van der Waals surface area contributed by atoms with Gasteiger partial charge in [-0.05, 0) is 51.3 Å². The summed E-state index contributed by atoms with van der Waals surface area (Å²) < 4.78 is 5.36. The van der Waals surface area contributed by atoms with Gasteiger partial charge in [0.25, 0.3) is 0 Å². The average molecular weight is 360 g/mol. The molecular formula is C21H33N3O2. The number of hydrogen-bond acceptors (Lipinski definition) is 3. The first-order valence-corrected chi connectivity index (χ1v) is 10.1. The normalized spacial score (nSPS) is 21.0. The van der Waals surface area contributed by atoms with Crippen molar-refractivity contribution in [2.75, 3.05) is 32.8 Å². The van der Waals surface area contributed by atoms with Crippen LogP contribution in [0.2, 0.25) is 0 Å². The van der Waals surface area contributed by atoms with E-state index in [1.165, 1.54) is 36.8 Å². The molecule has 0 aliphatic carbocycles. The van der Waals surface area contributed by atoms with Crippen molar-refractivity contribution < 1.29 is 9.53 Å². The number of carbonyl (C=O) groups excluding carboxylic acids is 1. The fraction of sp³-hybridized carbons (Fsp3) is 0.667. The van der Waals surface area contributed by atoms with Gasteiger partial charge >= 0.3 is 6.03 Å². The Bertz CT molecular complexity index is 547. The summed E-state index contributed by atoms with van der Waals surface area (Å²) in [6.45, 7) is 6.47. The van der Waals surface area contributed by atoms with Crippen LogP contribution in [0.4, 0.5) is 4.79 Å². The van der Waals surface area contributed by atoms with Gasteiger partial charge in [-0.3, -0.25) is 4.90 Å². The van der Waals surface area contributed by atoms with Gasteiger partial charge in [0, 0.05) is 25.8 Å². The fourth-order valence-electron chi connectivity index (χ4n) is 3.92. The molecule has 2 fully saturated rings. The first-order chi connectivity index (χ1) is 12.7. The minimum atomic E-state index is -0.0520. The van der Waals surface area contributed by atoms with Crippen molar-refractivity contribution in [1.82, 2.24) is 15.5 Å². The van der Waals surface area contributed by atoms with E-state index in [1.54, 1.807) is 0 Å². The van der Waals surface area contributed by atoms with Crippen LogP contribution in [0.1, 0.15) is 55.7 Å². The first kappa shape index (κ1) is 19.2. The standard InChI is InChI=1S/C21H33N3O2/c1-17-6-8-18(9-7-17)20(24-12-4-2-3-5-13-24)16-22-21(25)23-19-10-14-26-15-11-19/h6-9,19-20H,2-5,10-16H2,1H3,(H2,22,23,25). The van der Waals surface area contributed by atoms with Gasteiger partial charge in [-0.2, -0.15) is 0 Å². The Morgan fingerprint density at radius 3 is 2.42 bits per heavy atom. The molecule has 2 aliphatic rings. The van der Waals surface area contributed by atoms with Crippen LogP contribution in [0.25, 0.3) is 0 Å². The van der Waals surface area contributed by atoms with Gasteiger partial charge in [0.1, 0.15) is 0 Å². The van der Waals surface area contributed by atoms with Crippen LogP contribution in [0, 0.1) is 6.92 Å². The number of nitrogens with one attached hydrogen (secondary N) is 2. The zero-order valence-corrected chi connectivity index (χ0v) is 16.0. The number of hydrogen-bond donors (Lipinski definition) is 2. The highest BCUT2D eigenvalue weighted by Crippen LogP contribution is 2.24. The molecular weight excluding hydrogens is 326 g/mol. The predicted molar refractivity (Wildman–Crippen MR) is 104 cm³/mol. The summed E-state index contributed by atoms with van der Waals surface area (Å²) in [5.41, 5.74) is 2.57. The van der Waals surface area contributed by atoms with Crippen LogP contribution >= 0.6 is 0 Å². The molecule has 2 amide bonds. The van der Waals surface area contributed by atoms with Gasteiger partial charge in [-0.15, -0.1) is 0 Å². The second kappa shape index (κ2) is 9.93. The van der Waals surface area contributed by atoms with Crippen molar-refractivity contribution in [1.29, 1.82) is 0 Å². The molecule has 0 spiro atoms. The molecule has 2 N–H and O–H groups in total. The van der Waals surface area contributed by atoms with E-state index in [9.17, 15) is 4.79 Å². The van der Waals surface area contributed by atoms with Crippen molar-refractivity contribution >= 4 is 6.03 Å². The van der Waals surface area contributed by atoms with Gasteiger partial charge in [-0.1, -0.05) is 42.7 Å². The van der Waals surface area contributed by atoms with Crippen LogP contribution in [0.5, 0.6) is 0 Å². The molecule has 2 heterocycles. The third-order valence-corrected chi connectivity index (χ3v) is 5.56. The van der Waals surface area contributed by atoms with Crippen molar-refractivity contribution in [3.05, 3.63) is 35.4 Å². The van der Waals surface area contributed by atoms with Gasteiger partial charge < -0.3 is 15.4 Å². The first-order valence-electron chi connectivity index (χ1n) is 10.1. The predicted octanol–water partition coefficient (Wildman–Crippen LogP) is 3.39. The molecule has 5 nitrogen and oxygen atoms in total. The van der Waals surface area contributed by atoms with Crippen LogP contribution in [0.15, 0.2) is 24.3 Å². The fourth-order valence-corrected chi connectivity index (χ4v) is 3.92. The van der Waals surface area contributed by atoms with E-state index in [2.05, 4.69) is 46.7 Å². The van der Waals surface area contributed by atoms with Crippen molar-refractivity contribution in [2.24, 2.45) is 0 Å². The second-order valence-corrected chi connectivity index (χ2v) is 7.62. The molecule has 1 unspecified atom stereocenters. The maximum absolute atomic E-state index is 12.4. The maximum Gasteiger partial charge on any atom is 0.315 e.